The van der Waals surface area contributed by atoms with Gasteiger partial charge in [-0.2, -0.15) is 0 Å². The molecule has 0 saturated heterocycles. The molecule has 12 rings (SSSR count). The fourth-order valence-corrected chi connectivity index (χ4v) is 11.5. The van der Waals surface area contributed by atoms with Crippen molar-refractivity contribution in [3.05, 3.63) is 228 Å². The lowest BCUT2D eigenvalue weighted by Crippen LogP contribution is -2.30. The highest BCUT2D eigenvalue weighted by atomic mass is 15.2. The quantitative estimate of drug-likeness (QED) is 0.163. The minimum absolute atomic E-state index is 0.147. The normalized spacial score (nSPS) is 14.6. The van der Waals surface area contributed by atoms with Crippen LogP contribution in [-0.4, -0.2) is 0 Å². The summed E-state index contributed by atoms with van der Waals surface area (Å²) in [6.45, 7) is 13.9. The van der Waals surface area contributed by atoms with Crippen molar-refractivity contribution in [2.75, 3.05) is 9.80 Å². The summed E-state index contributed by atoms with van der Waals surface area (Å²) in [4.78, 5) is 5.00. The Bertz CT molecular complexity index is 3430. The van der Waals surface area contributed by atoms with Gasteiger partial charge >= 0.3 is 0 Å². The van der Waals surface area contributed by atoms with E-state index in [9.17, 15) is 0 Å². The first-order valence-electron chi connectivity index (χ1n) is 22.7. The van der Waals surface area contributed by atoms with Crippen LogP contribution in [-0.2, 0) is 10.8 Å². The zero-order chi connectivity index (χ0) is 43.5. The molecule has 0 fully saturated rings. The number of anilines is 6. The van der Waals surface area contributed by atoms with Crippen molar-refractivity contribution in [3.8, 4) is 22.3 Å². The molecule has 0 N–H and O–H groups in total. The van der Waals surface area contributed by atoms with Gasteiger partial charge in [0.1, 0.15) is 0 Å². The van der Waals surface area contributed by atoms with E-state index in [1.165, 1.54) is 111 Å². The second-order valence-electron chi connectivity index (χ2n) is 19.1. The van der Waals surface area contributed by atoms with Gasteiger partial charge in [-0.05, 0) is 139 Å². The topological polar surface area (TPSA) is 6.48 Å². The standard InChI is InChI=1S/C62H50N2/c1-39-34-40(2)36-42(35-39)59-47-32-30-44(64-57-28-15-11-24-53(57)62(5,6)54-25-12-16-29-58(54)64)38-50(47)60(46-21-17-19-41-18-7-8-20-45(41)46)48-33-31-43(37-49(48)59)63-55-26-13-9-22-51(55)61(3,4)52-23-10-14-27-56(52)63/h7-38H,1-6H3. The fourth-order valence-electron chi connectivity index (χ4n) is 11.5. The lowest BCUT2D eigenvalue weighted by Gasteiger charge is -2.42. The maximum absolute atomic E-state index is 2.50. The van der Waals surface area contributed by atoms with E-state index in [0.717, 1.165) is 11.4 Å². The van der Waals surface area contributed by atoms with Crippen LogP contribution >= 0.6 is 0 Å². The summed E-state index contributed by atoms with van der Waals surface area (Å²) >= 11 is 0. The van der Waals surface area contributed by atoms with E-state index in [-0.39, 0.29) is 10.8 Å². The van der Waals surface area contributed by atoms with Crippen LogP contribution in [0, 0.1) is 13.8 Å². The molecule has 0 unspecified atom stereocenters. The van der Waals surface area contributed by atoms with Crippen molar-refractivity contribution >= 4 is 66.4 Å². The van der Waals surface area contributed by atoms with Gasteiger partial charge < -0.3 is 9.80 Å². The molecule has 2 aliphatic heterocycles. The summed E-state index contributed by atoms with van der Waals surface area (Å²) in [5.41, 5.74) is 19.7. The molecule has 10 aromatic carbocycles. The van der Waals surface area contributed by atoms with Crippen LogP contribution in [0.3, 0.4) is 0 Å². The Morgan fingerprint density at radius 1 is 0.328 bits per heavy atom. The monoisotopic (exact) mass is 822 g/mol. The van der Waals surface area contributed by atoms with E-state index in [4.69, 9.17) is 0 Å². The number of fused-ring (bicyclic) bond motifs is 7. The molecule has 0 atom stereocenters. The highest BCUT2D eigenvalue weighted by molar-refractivity contribution is 6.24. The lowest BCUT2D eigenvalue weighted by atomic mass is 9.73. The largest absolute Gasteiger partial charge is 0.310 e. The molecular weight excluding hydrogens is 773 g/mol. The first-order chi connectivity index (χ1) is 31.1. The Morgan fingerprint density at radius 2 is 0.734 bits per heavy atom. The van der Waals surface area contributed by atoms with Crippen molar-refractivity contribution < 1.29 is 0 Å². The molecule has 0 spiro atoms. The molecule has 0 aliphatic carbocycles. The Balaban J connectivity index is 1.22. The Labute approximate surface area is 376 Å². The molecule has 0 amide bonds. The number of hydrogen-bond donors (Lipinski definition) is 0. The molecule has 308 valence electrons. The number of para-hydroxylation sites is 4. The van der Waals surface area contributed by atoms with Gasteiger partial charge in [0.15, 0.2) is 0 Å². The maximum atomic E-state index is 2.50. The highest BCUT2D eigenvalue weighted by Crippen LogP contribution is 2.56. The summed E-state index contributed by atoms with van der Waals surface area (Å²) < 4.78 is 0. The average Bonchev–Trinajstić information content (AvgIpc) is 3.30. The minimum Gasteiger partial charge on any atom is -0.310 e. The highest BCUT2D eigenvalue weighted by Gasteiger charge is 2.38. The van der Waals surface area contributed by atoms with Gasteiger partial charge in [0, 0.05) is 22.2 Å². The van der Waals surface area contributed by atoms with Gasteiger partial charge in [0.25, 0.3) is 0 Å². The number of benzene rings is 10. The predicted octanol–water partition coefficient (Wildman–Crippen LogP) is 17.3. The van der Waals surface area contributed by atoms with Crippen molar-refractivity contribution in [1.29, 1.82) is 0 Å². The lowest BCUT2D eigenvalue weighted by molar-refractivity contribution is 0.632. The van der Waals surface area contributed by atoms with Crippen LogP contribution in [0.4, 0.5) is 34.1 Å². The minimum atomic E-state index is -0.149. The molecule has 0 saturated carbocycles. The molecule has 2 heterocycles. The van der Waals surface area contributed by atoms with E-state index in [2.05, 4.69) is 245 Å². The molecule has 0 bridgehead atoms. The molecule has 0 aromatic heterocycles. The average molecular weight is 823 g/mol. The van der Waals surface area contributed by atoms with Gasteiger partial charge in [-0.15, -0.1) is 0 Å². The zero-order valence-electron chi connectivity index (χ0n) is 37.4. The Kier molecular flexibility index (Phi) is 8.40. The van der Waals surface area contributed by atoms with Gasteiger partial charge in [0.05, 0.1) is 22.7 Å². The molecule has 2 heteroatoms. The maximum Gasteiger partial charge on any atom is 0.0502 e. The van der Waals surface area contributed by atoms with Crippen LogP contribution < -0.4 is 9.80 Å². The summed E-state index contributed by atoms with van der Waals surface area (Å²) in [5.74, 6) is 0. The zero-order valence-corrected chi connectivity index (χ0v) is 37.4. The summed E-state index contributed by atoms with van der Waals surface area (Å²) in [6, 6.07) is 73.1. The van der Waals surface area contributed by atoms with E-state index < -0.39 is 0 Å². The first kappa shape index (κ1) is 38.3. The predicted molar refractivity (Wildman–Crippen MR) is 273 cm³/mol. The van der Waals surface area contributed by atoms with Crippen molar-refractivity contribution in [2.45, 2.75) is 52.4 Å². The third-order valence-electron chi connectivity index (χ3n) is 14.4. The molecule has 2 nitrogen and oxygen atoms in total. The third kappa shape index (κ3) is 5.58. The third-order valence-corrected chi connectivity index (χ3v) is 14.4. The summed E-state index contributed by atoms with van der Waals surface area (Å²) in [5, 5.41) is 7.43. The second-order valence-corrected chi connectivity index (χ2v) is 19.1. The Morgan fingerprint density at radius 3 is 1.23 bits per heavy atom. The fraction of sp³-hybridized carbons (Fsp3) is 0.129. The van der Waals surface area contributed by atoms with Gasteiger partial charge in [0.2, 0.25) is 0 Å². The van der Waals surface area contributed by atoms with Crippen LogP contribution in [0.25, 0.3) is 54.6 Å². The smallest absolute Gasteiger partial charge is 0.0502 e. The molecule has 10 aromatic rings. The van der Waals surface area contributed by atoms with Crippen LogP contribution in [0.5, 0.6) is 0 Å². The van der Waals surface area contributed by atoms with Gasteiger partial charge in [-0.25, -0.2) is 0 Å². The first-order valence-corrected chi connectivity index (χ1v) is 22.7. The van der Waals surface area contributed by atoms with Crippen LogP contribution in [0.1, 0.15) is 61.1 Å². The molecule has 2 aliphatic rings. The molecule has 0 radical (unpaired) electrons. The molecular formula is C62H50N2. The van der Waals surface area contributed by atoms with E-state index in [0.29, 0.717) is 0 Å². The summed E-state index contributed by atoms with van der Waals surface area (Å²) in [6.07, 6.45) is 0. The van der Waals surface area contributed by atoms with Gasteiger partial charge in [-0.1, -0.05) is 184 Å². The van der Waals surface area contributed by atoms with Gasteiger partial charge in [-0.3, -0.25) is 0 Å². The number of rotatable bonds is 4. The SMILES string of the molecule is Cc1cc(C)cc(-c2c3cc(N4c5ccccc5C(C)(C)c5ccccc54)ccc3c(-c3cccc4ccccc34)c3cc(N4c5ccccc5C(C)(C)c5ccccc54)ccc23)c1. The number of aryl methyl sites for hydroxylation is 2. The van der Waals surface area contributed by atoms with Crippen molar-refractivity contribution in [1.82, 2.24) is 0 Å². The van der Waals surface area contributed by atoms with Crippen molar-refractivity contribution in [3.63, 3.8) is 0 Å². The van der Waals surface area contributed by atoms with E-state index >= 15 is 0 Å². The van der Waals surface area contributed by atoms with Crippen molar-refractivity contribution in [2.24, 2.45) is 0 Å². The van der Waals surface area contributed by atoms with Crippen LogP contribution in [0.2, 0.25) is 0 Å². The molecule has 64 heavy (non-hydrogen) atoms. The number of nitrogens with zero attached hydrogens (tertiary/aromatic N) is 2. The van der Waals surface area contributed by atoms with E-state index in [1.807, 2.05) is 0 Å². The Hall–Kier alpha value is -7.42. The van der Waals surface area contributed by atoms with E-state index in [1.54, 1.807) is 0 Å². The summed E-state index contributed by atoms with van der Waals surface area (Å²) in [7, 11) is 0. The van der Waals surface area contributed by atoms with Crippen LogP contribution in [0.15, 0.2) is 194 Å². The number of hydrogen-bond acceptors (Lipinski definition) is 2. The second kappa shape index (κ2) is 14.0.